The zero-order valence-electron chi connectivity index (χ0n) is 16.5. The molecule has 0 radical (unpaired) electrons. The Morgan fingerprint density at radius 2 is 1.96 bits per heavy atom. The molecule has 1 unspecified atom stereocenters. The van der Waals surface area contributed by atoms with Gasteiger partial charge >= 0.3 is 0 Å². The van der Waals surface area contributed by atoms with Gasteiger partial charge in [-0.3, -0.25) is 19.1 Å². The highest BCUT2D eigenvalue weighted by atomic mass is 16.2. The van der Waals surface area contributed by atoms with E-state index in [0.29, 0.717) is 18.3 Å². The highest BCUT2D eigenvalue weighted by Gasteiger charge is 2.21. The number of aromatic nitrogens is 4. The van der Waals surface area contributed by atoms with Crippen molar-refractivity contribution >= 4 is 5.91 Å². The van der Waals surface area contributed by atoms with Crippen LogP contribution in [0.2, 0.25) is 0 Å². The molecule has 0 saturated carbocycles. The lowest BCUT2D eigenvalue weighted by Gasteiger charge is -2.23. The summed E-state index contributed by atoms with van der Waals surface area (Å²) in [7, 11) is 0. The SMILES string of the molecule is Cc1cc(C)n(CC(C)NC(=O)c2cc3n(n2)CCCN(C(C)C)C3)n1. The molecule has 0 aliphatic carbocycles. The summed E-state index contributed by atoms with van der Waals surface area (Å²) in [5.41, 5.74) is 3.72. The first-order valence-electron chi connectivity index (χ1n) is 9.46. The summed E-state index contributed by atoms with van der Waals surface area (Å²) in [6.07, 6.45) is 1.06. The number of nitrogens with zero attached hydrogens (tertiary/aromatic N) is 5. The maximum atomic E-state index is 12.6. The van der Waals surface area contributed by atoms with E-state index in [2.05, 4.69) is 34.3 Å². The number of nitrogens with one attached hydrogen (secondary N) is 1. The first-order valence-corrected chi connectivity index (χ1v) is 9.46. The molecule has 2 aromatic rings. The van der Waals surface area contributed by atoms with Gasteiger partial charge in [0.05, 0.1) is 17.9 Å². The lowest BCUT2D eigenvalue weighted by atomic mass is 10.2. The molecule has 142 valence electrons. The molecule has 3 heterocycles. The molecule has 26 heavy (non-hydrogen) atoms. The van der Waals surface area contributed by atoms with Crippen LogP contribution in [0.5, 0.6) is 0 Å². The fourth-order valence-electron chi connectivity index (χ4n) is 3.50. The van der Waals surface area contributed by atoms with Crippen molar-refractivity contribution in [1.29, 1.82) is 0 Å². The summed E-state index contributed by atoms with van der Waals surface area (Å²) in [6, 6.07) is 4.46. The van der Waals surface area contributed by atoms with E-state index in [4.69, 9.17) is 0 Å². The number of fused-ring (bicyclic) bond motifs is 1. The van der Waals surface area contributed by atoms with E-state index >= 15 is 0 Å². The molecule has 7 heteroatoms. The average molecular weight is 358 g/mol. The molecule has 7 nitrogen and oxygen atoms in total. The monoisotopic (exact) mass is 358 g/mol. The Labute approximate surface area is 155 Å². The number of hydrogen-bond donors (Lipinski definition) is 1. The van der Waals surface area contributed by atoms with Crippen LogP contribution >= 0.6 is 0 Å². The minimum absolute atomic E-state index is 0.0193. The van der Waals surface area contributed by atoms with E-state index in [1.54, 1.807) is 0 Å². The molecule has 0 aromatic carbocycles. The number of hydrogen-bond acceptors (Lipinski definition) is 4. The summed E-state index contributed by atoms with van der Waals surface area (Å²) in [5.74, 6) is -0.115. The van der Waals surface area contributed by atoms with Crippen LogP contribution in [0.25, 0.3) is 0 Å². The summed E-state index contributed by atoms with van der Waals surface area (Å²) >= 11 is 0. The Morgan fingerprint density at radius 1 is 1.19 bits per heavy atom. The molecule has 2 aromatic heterocycles. The summed E-state index contributed by atoms with van der Waals surface area (Å²) in [6.45, 7) is 13.9. The van der Waals surface area contributed by atoms with Crippen molar-refractivity contribution in [2.24, 2.45) is 0 Å². The van der Waals surface area contributed by atoms with Crippen LogP contribution < -0.4 is 5.32 Å². The minimum Gasteiger partial charge on any atom is -0.346 e. The summed E-state index contributed by atoms with van der Waals surface area (Å²) < 4.78 is 3.92. The molecule has 1 aliphatic heterocycles. The third-order valence-corrected chi connectivity index (χ3v) is 4.93. The van der Waals surface area contributed by atoms with E-state index in [-0.39, 0.29) is 11.9 Å². The highest BCUT2D eigenvalue weighted by molar-refractivity contribution is 5.92. The van der Waals surface area contributed by atoms with Crippen molar-refractivity contribution in [3.05, 3.63) is 34.9 Å². The smallest absolute Gasteiger partial charge is 0.272 e. The van der Waals surface area contributed by atoms with Gasteiger partial charge in [-0.1, -0.05) is 0 Å². The van der Waals surface area contributed by atoms with Crippen LogP contribution in [0.3, 0.4) is 0 Å². The second kappa shape index (κ2) is 7.61. The van der Waals surface area contributed by atoms with Gasteiger partial charge in [0.25, 0.3) is 5.91 Å². The molecule has 1 aliphatic rings. The summed E-state index contributed by atoms with van der Waals surface area (Å²) in [5, 5.41) is 12.1. The van der Waals surface area contributed by atoms with Gasteiger partial charge in [-0.2, -0.15) is 10.2 Å². The number of rotatable bonds is 5. The molecular weight excluding hydrogens is 328 g/mol. The fourth-order valence-corrected chi connectivity index (χ4v) is 3.50. The van der Waals surface area contributed by atoms with Crippen molar-refractivity contribution in [3.63, 3.8) is 0 Å². The van der Waals surface area contributed by atoms with Crippen molar-refractivity contribution in [2.75, 3.05) is 6.54 Å². The van der Waals surface area contributed by atoms with E-state index in [9.17, 15) is 4.79 Å². The quantitative estimate of drug-likeness (QED) is 0.889. The van der Waals surface area contributed by atoms with Crippen molar-refractivity contribution in [2.45, 2.75) is 72.8 Å². The predicted molar refractivity (Wildman–Crippen MR) is 101 cm³/mol. The largest absolute Gasteiger partial charge is 0.346 e. The molecular formula is C19H30N6O. The highest BCUT2D eigenvalue weighted by Crippen LogP contribution is 2.16. The van der Waals surface area contributed by atoms with Gasteiger partial charge in [0, 0.05) is 37.4 Å². The first kappa shape index (κ1) is 18.6. The molecule has 0 bridgehead atoms. The normalized spacial score (nSPS) is 16.4. The predicted octanol–water partition coefficient (Wildman–Crippen LogP) is 2.13. The third kappa shape index (κ3) is 4.15. The van der Waals surface area contributed by atoms with Gasteiger partial charge < -0.3 is 5.32 Å². The van der Waals surface area contributed by atoms with E-state index < -0.39 is 0 Å². The molecule has 0 saturated heterocycles. The summed E-state index contributed by atoms with van der Waals surface area (Å²) in [4.78, 5) is 15.0. The Bertz CT molecular complexity index is 775. The van der Waals surface area contributed by atoms with Gasteiger partial charge in [0.2, 0.25) is 0 Å². The maximum Gasteiger partial charge on any atom is 0.272 e. The van der Waals surface area contributed by atoms with Crippen LogP contribution in [0.1, 0.15) is 54.8 Å². The zero-order valence-corrected chi connectivity index (χ0v) is 16.5. The van der Waals surface area contributed by atoms with Crippen LogP contribution in [-0.4, -0.2) is 49.0 Å². The fraction of sp³-hybridized carbons (Fsp3) is 0.632. The maximum absolute atomic E-state index is 12.6. The van der Waals surface area contributed by atoms with Crippen LogP contribution in [0.15, 0.2) is 12.1 Å². The second-order valence-electron chi connectivity index (χ2n) is 7.65. The second-order valence-corrected chi connectivity index (χ2v) is 7.65. The Kier molecular flexibility index (Phi) is 5.46. The van der Waals surface area contributed by atoms with E-state index in [1.165, 1.54) is 0 Å². The number of aryl methyl sites for hydroxylation is 3. The Balaban J connectivity index is 1.65. The lowest BCUT2D eigenvalue weighted by Crippen LogP contribution is -2.36. The molecule has 3 rings (SSSR count). The average Bonchev–Trinajstić information content (AvgIpc) is 3.02. The van der Waals surface area contributed by atoms with Crippen LogP contribution in [-0.2, 0) is 19.6 Å². The number of amides is 1. The molecule has 0 fully saturated rings. The molecule has 1 amide bonds. The number of carbonyl (C=O) groups is 1. The molecule has 0 spiro atoms. The first-order chi connectivity index (χ1) is 12.3. The zero-order chi connectivity index (χ0) is 18.8. The number of carbonyl (C=O) groups excluding carboxylic acids is 1. The Morgan fingerprint density at radius 3 is 2.62 bits per heavy atom. The standard InChI is InChI=1S/C19H30N6O/c1-13(2)23-7-6-8-24-17(12-23)10-18(22-24)19(26)20-15(4)11-25-16(5)9-14(3)21-25/h9-10,13,15H,6-8,11-12H2,1-5H3,(H,20,26). The van der Waals surface area contributed by atoms with Gasteiger partial charge in [-0.15, -0.1) is 0 Å². The van der Waals surface area contributed by atoms with Gasteiger partial charge in [-0.05, 0) is 53.2 Å². The van der Waals surface area contributed by atoms with Gasteiger partial charge in [-0.25, -0.2) is 0 Å². The molecule has 1 N–H and O–H groups in total. The van der Waals surface area contributed by atoms with Crippen LogP contribution in [0, 0.1) is 13.8 Å². The van der Waals surface area contributed by atoms with E-state index in [1.807, 2.05) is 42.3 Å². The van der Waals surface area contributed by atoms with Crippen molar-refractivity contribution < 1.29 is 4.79 Å². The minimum atomic E-state index is -0.115. The topological polar surface area (TPSA) is 68.0 Å². The van der Waals surface area contributed by atoms with Gasteiger partial charge in [0.15, 0.2) is 5.69 Å². The Hall–Kier alpha value is -2.15. The van der Waals surface area contributed by atoms with E-state index in [0.717, 1.165) is 43.1 Å². The third-order valence-electron chi connectivity index (χ3n) is 4.93. The lowest BCUT2D eigenvalue weighted by molar-refractivity contribution is 0.0930. The molecule has 1 atom stereocenters. The van der Waals surface area contributed by atoms with Crippen molar-refractivity contribution in [3.8, 4) is 0 Å². The van der Waals surface area contributed by atoms with Crippen molar-refractivity contribution in [1.82, 2.24) is 29.8 Å². The van der Waals surface area contributed by atoms with Gasteiger partial charge in [0.1, 0.15) is 0 Å². The van der Waals surface area contributed by atoms with Crippen LogP contribution in [0.4, 0.5) is 0 Å².